The number of hydrogen-bond acceptors (Lipinski definition) is 3. The maximum atomic E-state index is 13.2. The minimum Gasteiger partial charge on any atom is -0.383 e. The van der Waals surface area contributed by atoms with Gasteiger partial charge in [0, 0.05) is 18.0 Å². The normalized spacial score (nSPS) is 13.6. The first-order valence-electron chi connectivity index (χ1n) is 8.54. The number of hydrogen-bond donors (Lipinski definition) is 3. The van der Waals surface area contributed by atoms with E-state index in [1.54, 1.807) is 19.1 Å². The molecule has 2 aromatic rings. The van der Waals surface area contributed by atoms with Gasteiger partial charge in [-0.3, -0.25) is 0 Å². The Kier molecular flexibility index (Phi) is 10.1. The van der Waals surface area contributed by atoms with Crippen LogP contribution in [0.15, 0.2) is 46.8 Å². The Labute approximate surface area is 176 Å². The van der Waals surface area contributed by atoms with Gasteiger partial charge in [-0.1, -0.05) is 18.2 Å². The van der Waals surface area contributed by atoms with E-state index < -0.39 is 5.60 Å². The molecule has 0 amide bonds. The summed E-state index contributed by atoms with van der Waals surface area (Å²) in [6.45, 7) is 5.53. The summed E-state index contributed by atoms with van der Waals surface area (Å²) in [5.74, 6) is 0.481. The highest BCUT2D eigenvalue weighted by molar-refractivity contribution is 14.0. The van der Waals surface area contributed by atoms with Gasteiger partial charge in [0.25, 0.3) is 0 Å². The second-order valence-electron chi connectivity index (χ2n) is 6.11. The summed E-state index contributed by atoms with van der Waals surface area (Å²) in [7, 11) is 0. The van der Waals surface area contributed by atoms with Crippen LogP contribution >= 0.6 is 35.3 Å². The van der Waals surface area contributed by atoms with Crippen molar-refractivity contribution < 1.29 is 9.50 Å². The third kappa shape index (κ3) is 7.59. The molecule has 1 unspecified atom stereocenters. The number of thiophene rings is 1. The van der Waals surface area contributed by atoms with Crippen LogP contribution in [0.3, 0.4) is 0 Å². The lowest BCUT2D eigenvalue weighted by atomic mass is 10.1. The van der Waals surface area contributed by atoms with Gasteiger partial charge in [-0.25, -0.2) is 9.38 Å². The van der Waals surface area contributed by atoms with E-state index in [0.717, 1.165) is 36.4 Å². The van der Waals surface area contributed by atoms with Gasteiger partial charge in [-0.05, 0) is 55.8 Å². The number of nitrogens with one attached hydrogen (secondary N) is 2. The molecule has 0 aliphatic rings. The topological polar surface area (TPSA) is 56.7 Å². The minimum absolute atomic E-state index is 0. The van der Waals surface area contributed by atoms with Crippen LogP contribution in [0.4, 0.5) is 4.39 Å². The lowest BCUT2D eigenvalue weighted by Crippen LogP contribution is -2.39. The van der Waals surface area contributed by atoms with Crippen molar-refractivity contribution in [2.45, 2.75) is 32.3 Å². The second kappa shape index (κ2) is 11.5. The molecule has 3 N–H and O–H groups in total. The predicted octanol–water partition coefficient (Wildman–Crippen LogP) is 3.90. The third-order valence-corrected chi connectivity index (χ3v) is 4.89. The van der Waals surface area contributed by atoms with Crippen molar-refractivity contribution in [2.75, 3.05) is 19.6 Å². The highest BCUT2D eigenvalue weighted by Crippen LogP contribution is 2.25. The smallest absolute Gasteiger partial charge is 0.191 e. The van der Waals surface area contributed by atoms with Gasteiger partial charge in [0.1, 0.15) is 11.4 Å². The predicted molar refractivity (Wildman–Crippen MR) is 118 cm³/mol. The van der Waals surface area contributed by atoms with Crippen LogP contribution in [0.5, 0.6) is 0 Å². The number of nitrogens with zero attached hydrogens (tertiary/aromatic N) is 1. The van der Waals surface area contributed by atoms with Gasteiger partial charge in [-0.15, -0.1) is 35.3 Å². The number of halogens is 2. The summed E-state index contributed by atoms with van der Waals surface area (Å²) >= 11 is 1.52. The second-order valence-corrected chi connectivity index (χ2v) is 7.05. The summed E-state index contributed by atoms with van der Waals surface area (Å²) in [6, 6.07) is 10.5. The molecule has 1 aromatic heterocycles. The first-order chi connectivity index (χ1) is 12.0. The molecule has 0 fully saturated rings. The van der Waals surface area contributed by atoms with Crippen LogP contribution in [-0.2, 0) is 12.0 Å². The fraction of sp³-hybridized carbons (Fsp3) is 0.421. The standard InChI is InChI=1S/C19H26FN3OS.HI/c1-3-21-18(23-14-19(2,24)17-10-6-12-25-17)22-11-5-8-15-7-4-9-16(20)13-15;/h4,6-7,9-10,12-13,24H,3,5,8,11,14H2,1-2H3,(H2,21,22,23);1H. The molecule has 0 aliphatic carbocycles. The highest BCUT2D eigenvalue weighted by Gasteiger charge is 2.23. The Bertz CT molecular complexity index is 677. The molecule has 0 spiro atoms. The molecule has 144 valence electrons. The molecular formula is C19H27FIN3OS. The lowest BCUT2D eigenvalue weighted by Gasteiger charge is -2.20. The Morgan fingerprint density at radius 3 is 2.73 bits per heavy atom. The van der Waals surface area contributed by atoms with Gasteiger partial charge in [0.05, 0.1) is 6.54 Å². The molecule has 7 heteroatoms. The largest absolute Gasteiger partial charge is 0.383 e. The Hall–Kier alpha value is -1.19. The van der Waals surface area contributed by atoms with Crippen molar-refractivity contribution in [3.05, 3.63) is 58.0 Å². The van der Waals surface area contributed by atoms with Crippen molar-refractivity contribution >= 4 is 41.3 Å². The maximum absolute atomic E-state index is 13.2. The number of benzene rings is 1. The molecule has 0 bridgehead atoms. The van der Waals surface area contributed by atoms with Crippen molar-refractivity contribution in [2.24, 2.45) is 4.99 Å². The minimum atomic E-state index is -0.974. The molecule has 4 nitrogen and oxygen atoms in total. The van der Waals surface area contributed by atoms with Gasteiger partial charge in [0.2, 0.25) is 0 Å². The molecule has 1 heterocycles. The van der Waals surface area contributed by atoms with E-state index in [2.05, 4.69) is 15.6 Å². The van der Waals surface area contributed by atoms with Crippen molar-refractivity contribution in [3.63, 3.8) is 0 Å². The molecular weight excluding hydrogens is 464 g/mol. The van der Waals surface area contributed by atoms with Gasteiger partial charge < -0.3 is 15.7 Å². The average molecular weight is 491 g/mol. The van der Waals surface area contributed by atoms with Crippen LogP contribution in [-0.4, -0.2) is 30.7 Å². The summed E-state index contributed by atoms with van der Waals surface area (Å²) in [5.41, 5.74) is 0.0160. The van der Waals surface area contributed by atoms with Crippen molar-refractivity contribution in [3.8, 4) is 0 Å². The zero-order chi connectivity index (χ0) is 18.1. The summed E-state index contributed by atoms with van der Waals surface area (Å²) < 4.78 is 13.2. The summed E-state index contributed by atoms with van der Waals surface area (Å²) in [6.07, 6.45) is 1.67. The van der Waals surface area contributed by atoms with Crippen LogP contribution in [0.1, 0.15) is 30.7 Å². The average Bonchev–Trinajstić information content (AvgIpc) is 3.12. The first-order valence-corrected chi connectivity index (χ1v) is 9.42. The molecule has 1 atom stereocenters. The summed E-state index contributed by atoms with van der Waals surface area (Å²) in [5, 5.41) is 18.9. The van der Waals surface area contributed by atoms with E-state index in [0.29, 0.717) is 5.96 Å². The molecule has 2 rings (SSSR count). The van der Waals surface area contributed by atoms with E-state index in [-0.39, 0.29) is 36.3 Å². The molecule has 0 radical (unpaired) electrons. The van der Waals surface area contributed by atoms with E-state index in [1.807, 2.05) is 30.5 Å². The third-order valence-electron chi connectivity index (χ3n) is 3.76. The number of guanidine groups is 1. The van der Waals surface area contributed by atoms with Crippen LogP contribution in [0, 0.1) is 5.82 Å². The van der Waals surface area contributed by atoms with E-state index in [4.69, 9.17) is 0 Å². The van der Waals surface area contributed by atoms with E-state index in [1.165, 1.54) is 17.4 Å². The van der Waals surface area contributed by atoms with Crippen LogP contribution in [0.25, 0.3) is 0 Å². The molecule has 1 aromatic carbocycles. The molecule has 0 aliphatic heterocycles. The monoisotopic (exact) mass is 491 g/mol. The Morgan fingerprint density at radius 2 is 2.08 bits per heavy atom. The van der Waals surface area contributed by atoms with Crippen LogP contribution in [0.2, 0.25) is 0 Å². The van der Waals surface area contributed by atoms with Gasteiger partial charge in [0.15, 0.2) is 5.96 Å². The van der Waals surface area contributed by atoms with E-state index in [9.17, 15) is 9.50 Å². The van der Waals surface area contributed by atoms with Crippen LogP contribution < -0.4 is 10.6 Å². The number of aryl methyl sites for hydroxylation is 1. The Morgan fingerprint density at radius 1 is 1.27 bits per heavy atom. The van der Waals surface area contributed by atoms with E-state index >= 15 is 0 Å². The zero-order valence-electron chi connectivity index (χ0n) is 15.2. The molecule has 26 heavy (non-hydrogen) atoms. The first kappa shape index (κ1) is 22.9. The van der Waals surface area contributed by atoms with Crippen molar-refractivity contribution in [1.82, 2.24) is 10.6 Å². The van der Waals surface area contributed by atoms with Gasteiger partial charge in [-0.2, -0.15) is 0 Å². The SMILES string of the molecule is CCNC(=NCC(C)(O)c1cccs1)NCCCc1cccc(F)c1.I. The molecule has 0 saturated heterocycles. The van der Waals surface area contributed by atoms with Gasteiger partial charge >= 0.3 is 0 Å². The Balaban J connectivity index is 0.00000338. The maximum Gasteiger partial charge on any atom is 0.191 e. The highest BCUT2D eigenvalue weighted by atomic mass is 127. The fourth-order valence-electron chi connectivity index (χ4n) is 2.43. The lowest BCUT2D eigenvalue weighted by molar-refractivity contribution is 0.0711. The number of rotatable bonds is 8. The number of aliphatic hydroxyl groups is 1. The number of aliphatic imine (C=N–C) groups is 1. The quantitative estimate of drug-likeness (QED) is 0.227. The molecule has 0 saturated carbocycles. The zero-order valence-corrected chi connectivity index (χ0v) is 18.3. The summed E-state index contributed by atoms with van der Waals surface area (Å²) in [4.78, 5) is 5.39. The fourth-order valence-corrected chi connectivity index (χ4v) is 3.21. The van der Waals surface area contributed by atoms with Crippen molar-refractivity contribution in [1.29, 1.82) is 0 Å².